The highest BCUT2D eigenvalue weighted by Crippen LogP contribution is 2.38. The highest BCUT2D eigenvalue weighted by atomic mass is 16.5. The van der Waals surface area contributed by atoms with E-state index in [0.717, 1.165) is 17.0 Å². The van der Waals surface area contributed by atoms with E-state index in [0.29, 0.717) is 19.7 Å². The molecule has 16 heavy (non-hydrogen) atoms. The van der Waals surface area contributed by atoms with Gasteiger partial charge in [0.1, 0.15) is 5.75 Å². The minimum Gasteiger partial charge on any atom is -0.492 e. The van der Waals surface area contributed by atoms with Crippen LogP contribution < -0.4 is 15.8 Å². The van der Waals surface area contributed by atoms with Gasteiger partial charge in [0.2, 0.25) is 0 Å². The van der Waals surface area contributed by atoms with Gasteiger partial charge in [-0.3, -0.25) is 0 Å². The van der Waals surface area contributed by atoms with E-state index in [1.807, 2.05) is 25.1 Å². The maximum atomic E-state index is 10.1. The van der Waals surface area contributed by atoms with Crippen molar-refractivity contribution in [3.05, 3.63) is 23.8 Å². The number of rotatable bonds is 3. The number of anilines is 1. The second-order valence-electron chi connectivity index (χ2n) is 3.97. The summed E-state index contributed by atoms with van der Waals surface area (Å²) in [7, 11) is 0. The fraction of sp³-hybridized carbons (Fsp3) is 0.500. The van der Waals surface area contributed by atoms with E-state index >= 15 is 0 Å². The fourth-order valence-corrected chi connectivity index (χ4v) is 2.07. The number of aliphatic hydroxyl groups excluding tert-OH is 1. The van der Waals surface area contributed by atoms with E-state index in [1.54, 1.807) is 0 Å². The SMILES string of the molecule is CCOc1cccc2c1NC[C@@H](CN)[C@@H]2O. The molecule has 0 unspecified atom stereocenters. The van der Waals surface area contributed by atoms with E-state index < -0.39 is 6.10 Å². The predicted molar refractivity (Wildman–Crippen MR) is 63.6 cm³/mol. The Hall–Kier alpha value is -1.26. The number of aliphatic hydroxyl groups is 1. The number of fused-ring (bicyclic) bond motifs is 1. The normalized spacial score (nSPS) is 23.4. The monoisotopic (exact) mass is 222 g/mol. The molecule has 0 saturated carbocycles. The second kappa shape index (κ2) is 4.72. The number of hydrogen-bond acceptors (Lipinski definition) is 4. The van der Waals surface area contributed by atoms with Crippen LogP contribution in [0.3, 0.4) is 0 Å². The molecule has 1 heterocycles. The molecule has 1 aromatic carbocycles. The van der Waals surface area contributed by atoms with Gasteiger partial charge in [-0.25, -0.2) is 0 Å². The summed E-state index contributed by atoms with van der Waals surface area (Å²) in [5.74, 6) is 0.874. The van der Waals surface area contributed by atoms with Crippen molar-refractivity contribution >= 4 is 5.69 Å². The van der Waals surface area contributed by atoms with Crippen LogP contribution >= 0.6 is 0 Å². The zero-order chi connectivity index (χ0) is 11.5. The van der Waals surface area contributed by atoms with Crippen LogP contribution in [0.4, 0.5) is 5.69 Å². The van der Waals surface area contributed by atoms with E-state index in [9.17, 15) is 5.11 Å². The molecule has 2 rings (SSSR count). The van der Waals surface area contributed by atoms with Crippen molar-refractivity contribution in [2.45, 2.75) is 13.0 Å². The lowest BCUT2D eigenvalue weighted by atomic mass is 9.90. The number of ether oxygens (including phenoxy) is 1. The van der Waals surface area contributed by atoms with Gasteiger partial charge in [-0.2, -0.15) is 0 Å². The van der Waals surface area contributed by atoms with Gasteiger partial charge in [-0.15, -0.1) is 0 Å². The first-order valence-electron chi connectivity index (χ1n) is 5.65. The summed E-state index contributed by atoms with van der Waals surface area (Å²) in [5, 5.41) is 13.4. The van der Waals surface area contributed by atoms with Crippen LogP contribution in [0.2, 0.25) is 0 Å². The summed E-state index contributed by atoms with van der Waals surface area (Å²) >= 11 is 0. The van der Waals surface area contributed by atoms with Gasteiger partial charge in [0.25, 0.3) is 0 Å². The second-order valence-corrected chi connectivity index (χ2v) is 3.97. The van der Waals surface area contributed by atoms with Gasteiger partial charge in [0.05, 0.1) is 18.4 Å². The first kappa shape index (κ1) is 11.2. The molecular formula is C12H18N2O2. The molecule has 0 saturated heterocycles. The Balaban J connectivity index is 2.34. The lowest BCUT2D eigenvalue weighted by molar-refractivity contribution is 0.114. The first-order valence-corrected chi connectivity index (χ1v) is 5.65. The molecular weight excluding hydrogens is 204 g/mol. The van der Waals surface area contributed by atoms with Gasteiger partial charge in [0, 0.05) is 18.0 Å². The number of hydrogen-bond donors (Lipinski definition) is 3. The molecule has 0 radical (unpaired) electrons. The highest BCUT2D eigenvalue weighted by Gasteiger charge is 2.28. The van der Waals surface area contributed by atoms with Crippen molar-refractivity contribution < 1.29 is 9.84 Å². The molecule has 0 fully saturated rings. The maximum absolute atomic E-state index is 10.1. The molecule has 2 atom stereocenters. The third kappa shape index (κ3) is 1.86. The van der Waals surface area contributed by atoms with Gasteiger partial charge in [-0.1, -0.05) is 12.1 Å². The standard InChI is InChI=1S/C12H18N2O2/c1-2-16-10-5-3-4-9-11(10)14-7-8(6-13)12(9)15/h3-5,8,12,14-15H,2,6-7,13H2,1H3/t8-,12+/m1/s1. The van der Waals surface area contributed by atoms with Crippen LogP contribution in [0.1, 0.15) is 18.6 Å². The van der Waals surface area contributed by atoms with Crippen LogP contribution in [-0.2, 0) is 0 Å². The van der Waals surface area contributed by atoms with E-state index in [-0.39, 0.29) is 5.92 Å². The summed E-state index contributed by atoms with van der Waals surface area (Å²) < 4.78 is 5.52. The molecule has 4 N–H and O–H groups in total. The van der Waals surface area contributed by atoms with Crippen molar-refractivity contribution in [2.24, 2.45) is 11.7 Å². The summed E-state index contributed by atoms with van der Waals surface area (Å²) in [6.45, 7) is 3.73. The van der Waals surface area contributed by atoms with Crippen LogP contribution in [0.5, 0.6) is 5.75 Å². The zero-order valence-electron chi connectivity index (χ0n) is 9.44. The van der Waals surface area contributed by atoms with Gasteiger partial charge >= 0.3 is 0 Å². The van der Waals surface area contributed by atoms with Gasteiger partial charge < -0.3 is 20.9 Å². The third-order valence-electron chi connectivity index (χ3n) is 2.97. The van der Waals surface area contributed by atoms with Crippen LogP contribution in [0, 0.1) is 5.92 Å². The molecule has 1 aliphatic rings. The van der Waals surface area contributed by atoms with E-state index in [1.165, 1.54) is 0 Å². The summed E-state index contributed by atoms with van der Waals surface area (Å²) in [6.07, 6.45) is -0.498. The molecule has 0 amide bonds. The quantitative estimate of drug-likeness (QED) is 0.717. The fourth-order valence-electron chi connectivity index (χ4n) is 2.07. The number of para-hydroxylation sites is 1. The molecule has 88 valence electrons. The van der Waals surface area contributed by atoms with Crippen molar-refractivity contribution in [1.82, 2.24) is 0 Å². The Morgan fingerprint density at radius 1 is 1.56 bits per heavy atom. The van der Waals surface area contributed by atoms with Crippen molar-refractivity contribution in [1.29, 1.82) is 0 Å². The zero-order valence-corrected chi connectivity index (χ0v) is 9.44. The maximum Gasteiger partial charge on any atom is 0.142 e. The third-order valence-corrected chi connectivity index (χ3v) is 2.97. The lowest BCUT2D eigenvalue weighted by Crippen LogP contribution is -2.33. The molecule has 1 aromatic rings. The van der Waals surface area contributed by atoms with Crippen LogP contribution in [-0.4, -0.2) is 24.8 Å². The van der Waals surface area contributed by atoms with Crippen molar-refractivity contribution in [3.63, 3.8) is 0 Å². The summed E-state index contributed by atoms with van der Waals surface area (Å²) in [5.41, 5.74) is 7.40. The number of benzene rings is 1. The minimum absolute atomic E-state index is 0.0735. The predicted octanol–water partition coefficient (Wildman–Crippen LogP) is 1.12. The Morgan fingerprint density at radius 2 is 2.38 bits per heavy atom. The average Bonchev–Trinajstić information content (AvgIpc) is 2.31. The van der Waals surface area contributed by atoms with Crippen molar-refractivity contribution in [3.8, 4) is 5.75 Å². The topological polar surface area (TPSA) is 67.5 Å². The largest absolute Gasteiger partial charge is 0.492 e. The first-order chi connectivity index (χ1) is 7.77. The molecule has 0 bridgehead atoms. The molecule has 4 heteroatoms. The molecule has 1 aliphatic heterocycles. The van der Waals surface area contributed by atoms with E-state index in [4.69, 9.17) is 10.5 Å². The van der Waals surface area contributed by atoms with E-state index in [2.05, 4.69) is 5.32 Å². The number of nitrogens with one attached hydrogen (secondary N) is 1. The van der Waals surface area contributed by atoms with Crippen LogP contribution in [0.25, 0.3) is 0 Å². The smallest absolute Gasteiger partial charge is 0.142 e. The molecule has 0 spiro atoms. The highest BCUT2D eigenvalue weighted by molar-refractivity contribution is 5.64. The van der Waals surface area contributed by atoms with Crippen molar-refractivity contribution in [2.75, 3.05) is 25.0 Å². The molecule has 0 aliphatic carbocycles. The average molecular weight is 222 g/mol. The Labute approximate surface area is 95.4 Å². The Kier molecular flexibility index (Phi) is 3.31. The molecule has 0 aromatic heterocycles. The minimum atomic E-state index is -0.498. The van der Waals surface area contributed by atoms with Gasteiger partial charge in [-0.05, 0) is 19.5 Å². The number of nitrogens with two attached hydrogens (primary N) is 1. The Morgan fingerprint density at radius 3 is 3.06 bits per heavy atom. The summed E-state index contributed by atoms with van der Waals surface area (Å²) in [6, 6.07) is 5.72. The Bertz CT molecular complexity index is 368. The van der Waals surface area contributed by atoms with Crippen LogP contribution in [0.15, 0.2) is 18.2 Å². The van der Waals surface area contributed by atoms with Gasteiger partial charge in [0.15, 0.2) is 0 Å². The summed E-state index contributed by atoms with van der Waals surface area (Å²) in [4.78, 5) is 0. The molecule has 4 nitrogen and oxygen atoms in total. The lowest BCUT2D eigenvalue weighted by Gasteiger charge is -2.31.